The smallest absolute Gasteiger partial charge is 0.315 e. The number of urea groups is 1. The molecule has 1 atom stereocenters. The minimum absolute atomic E-state index is 0.0990. The first-order valence-electron chi connectivity index (χ1n) is 7.15. The Labute approximate surface area is 129 Å². The van der Waals surface area contributed by atoms with Crippen LogP contribution >= 0.6 is 11.3 Å². The zero-order valence-electron chi connectivity index (χ0n) is 13.0. The van der Waals surface area contributed by atoms with Crippen molar-refractivity contribution in [2.24, 2.45) is 0 Å². The Morgan fingerprint density at radius 2 is 2.19 bits per heavy atom. The van der Waals surface area contributed by atoms with Crippen molar-refractivity contribution in [1.29, 1.82) is 0 Å². The lowest BCUT2D eigenvalue weighted by molar-refractivity contribution is -0.131. The van der Waals surface area contributed by atoms with Gasteiger partial charge in [0.15, 0.2) is 0 Å². The highest BCUT2D eigenvalue weighted by Crippen LogP contribution is 2.21. The molecule has 0 aromatic carbocycles. The summed E-state index contributed by atoms with van der Waals surface area (Å²) in [7, 11) is 0. The lowest BCUT2D eigenvalue weighted by Crippen LogP contribution is -2.46. The monoisotopic (exact) mass is 309 g/mol. The fourth-order valence-corrected chi connectivity index (χ4v) is 3.28. The summed E-state index contributed by atoms with van der Waals surface area (Å²) in [6.07, 6.45) is 0.378. The first-order chi connectivity index (χ1) is 9.77. The van der Waals surface area contributed by atoms with Crippen LogP contribution in [0, 0.1) is 6.92 Å². The Balaban J connectivity index is 1.81. The van der Waals surface area contributed by atoms with Gasteiger partial charge in [0.25, 0.3) is 0 Å². The molecular weight excluding hydrogens is 286 g/mol. The van der Waals surface area contributed by atoms with Crippen LogP contribution in [0.2, 0.25) is 0 Å². The second-order valence-electron chi connectivity index (χ2n) is 6.43. The van der Waals surface area contributed by atoms with Gasteiger partial charge >= 0.3 is 6.03 Å². The molecule has 1 saturated heterocycles. The van der Waals surface area contributed by atoms with Crippen molar-refractivity contribution in [2.45, 2.75) is 52.2 Å². The summed E-state index contributed by atoms with van der Waals surface area (Å²) < 4.78 is 0. The maximum absolute atomic E-state index is 12.0. The molecular formula is C15H23N3O2S. The Morgan fingerprint density at radius 1 is 1.48 bits per heavy atom. The first-order valence-corrected chi connectivity index (χ1v) is 8.03. The van der Waals surface area contributed by atoms with Crippen molar-refractivity contribution in [3.8, 4) is 0 Å². The minimum Gasteiger partial charge on any atom is -0.336 e. The lowest BCUT2D eigenvalue weighted by atomic mass is 10.1. The Kier molecular flexibility index (Phi) is 4.56. The van der Waals surface area contributed by atoms with Gasteiger partial charge in [-0.05, 0) is 44.7 Å². The average molecular weight is 309 g/mol. The predicted molar refractivity (Wildman–Crippen MR) is 84.3 cm³/mol. The average Bonchev–Trinajstić information content (AvgIpc) is 2.92. The minimum atomic E-state index is -0.212. The molecule has 0 aliphatic carbocycles. The molecule has 2 rings (SSSR count). The molecule has 2 heterocycles. The number of hydrogen-bond donors (Lipinski definition) is 2. The molecule has 1 fully saturated rings. The molecule has 0 radical (unpaired) electrons. The highest BCUT2D eigenvalue weighted by atomic mass is 32.1. The van der Waals surface area contributed by atoms with E-state index in [-0.39, 0.29) is 23.5 Å². The second-order valence-corrected chi connectivity index (χ2v) is 7.43. The fourth-order valence-electron chi connectivity index (χ4n) is 2.43. The molecule has 21 heavy (non-hydrogen) atoms. The van der Waals surface area contributed by atoms with Gasteiger partial charge in [0.2, 0.25) is 5.91 Å². The predicted octanol–water partition coefficient (Wildman–Crippen LogP) is 2.26. The maximum atomic E-state index is 12.0. The van der Waals surface area contributed by atoms with Crippen LogP contribution in [-0.4, -0.2) is 35.0 Å². The maximum Gasteiger partial charge on any atom is 0.315 e. The number of carbonyl (C=O) groups excluding carboxylic acids is 2. The second kappa shape index (κ2) is 6.05. The molecule has 116 valence electrons. The number of likely N-dealkylation sites (tertiary alicyclic amines) is 1. The van der Waals surface area contributed by atoms with Gasteiger partial charge in [-0.3, -0.25) is 4.79 Å². The Bertz CT molecular complexity index is 533. The van der Waals surface area contributed by atoms with E-state index < -0.39 is 0 Å². The molecule has 2 N–H and O–H groups in total. The number of aryl methyl sites for hydroxylation is 1. The topological polar surface area (TPSA) is 61.4 Å². The summed E-state index contributed by atoms with van der Waals surface area (Å²) in [6, 6.07) is 1.72. The van der Waals surface area contributed by atoms with Crippen LogP contribution in [-0.2, 0) is 11.3 Å². The van der Waals surface area contributed by atoms with Crippen LogP contribution < -0.4 is 10.6 Å². The third kappa shape index (κ3) is 3.97. The van der Waals surface area contributed by atoms with Gasteiger partial charge in [-0.25, -0.2) is 4.79 Å². The molecule has 1 aliphatic rings. The summed E-state index contributed by atoms with van der Waals surface area (Å²) in [4.78, 5) is 26.9. The van der Waals surface area contributed by atoms with Crippen molar-refractivity contribution in [2.75, 3.05) is 6.54 Å². The van der Waals surface area contributed by atoms with Crippen molar-refractivity contribution in [3.63, 3.8) is 0 Å². The molecule has 5 nitrogen and oxygen atoms in total. The van der Waals surface area contributed by atoms with Crippen molar-refractivity contribution in [3.05, 3.63) is 21.9 Å². The number of thiophene rings is 1. The third-order valence-electron chi connectivity index (χ3n) is 3.65. The van der Waals surface area contributed by atoms with E-state index >= 15 is 0 Å². The van der Waals surface area contributed by atoms with Crippen molar-refractivity contribution in [1.82, 2.24) is 15.5 Å². The van der Waals surface area contributed by atoms with E-state index in [2.05, 4.69) is 10.6 Å². The summed E-state index contributed by atoms with van der Waals surface area (Å²) in [6.45, 7) is 9.15. The summed E-state index contributed by atoms with van der Waals surface area (Å²) in [5, 5.41) is 7.75. The summed E-state index contributed by atoms with van der Waals surface area (Å²) >= 11 is 1.63. The van der Waals surface area contributed by atoms with Gasteiger partial charge < -0.3 is 15.5 Å². The van der Waals surface area contributed by atoms with E-state index in [0.717, 1.165) is 4.88 Å². The summed E-state index contributed by atoms with van der Waals surface area (Å²) in [5.41, 5.74) is 0.994. The zero-order chi connectivity index (χ0) is 15.6. The Hall–Kier alpha value is -1.56. The molecule has 6 heteroatoms. The van der Waals surface area contributed by atoms with Gasteiger partial charge in [-0.15, -0.1) is 11.3 Å². The Morgan fingerprint density at radius 3 is 2.71 bits per heavy atom. The van der Waals surface area contributed by atoms with Crippen molar-refractivity contribution >= 4 is 23.3 Å². The zero-order valence-corrected chi connectivity index (χ0v) is 13.8. The molecule has 1 aliphatic heterocycles. The largest absolute Gasteiger partial charge is 0.336 e. The normalized spacial score (nSPS) is 19.0. The van der Waals surface area contributed by atoms with Gasteiger partial charge in [0.1, 0.15) is 0 Å². The quantitative estimate of drug-likeness (QED) is 0.899. The number of nitrogens with zero attached hydrogens (tertiary/aromatic N) is 1. The lowest BCUT2D eigenvalue weighted by Gasteiger charge is -2.32. The van der Waals surface area contributed by atoms with Crippen LogP contribution in [0.5, 0.6) is 0 Å². The summed E-state index contributed by atoms with van der Waals surface area (Å²) in [5.74, 6) is 0.0990. The van der Waals surface area contributed by atoms with Gasteiger partial charge in [0.05, 0.1) is 12.6 Å². The van der Waals surface area contributed by atoms with Gasteiger partial charge in [0, 0.05) is 23.4 Å². The molecule has 1 aromatic rings. The van der Waals surface area contributed by atoms with Gasteiger partial charge in [-0.1, -0.05) is 0 Å². The van der Waals surface area contributed by atoms with Crippen molar-refractivity contribution < 1.29 is 9.59 Å². The van der Waals surface area contributed by atoms with E-state index in [0.29, 0.717) is 19.5 Å². The van der Waals surface area contributed by atoms with E-state index in [9.17, 15) is 9.59 Å². The fraction of sp³-hybridized carbons (Fsp3) is 0.600. The van der Waals surface area contributed by atoms with E-state index in [1.807, 2.05) is 44.0 Å². The van der Waals surface area contributed by atoms with E-state index in [1.54, 1.807) is 11.3 Å². The highest BCUT2D eigenvalue weighted by Gasteiger charge is 2.36. The molecule has 0 saturated carbocycles. The van der Waals surface area contributed by atoms with Crippen LogP contribution in [0.1, 0.15) is 37.6 Å². The number of rotatable bonds is 3. The van der Waals surface area contributed by atoms with Gasteiger partial charge in [-0.2, -0.15) is 0 Å². The number of hydrogen-bond acceptors (Lipinski definition) is 3. The SMILES string of the molecule is Cc1ccsc1CNC(=O)N[C@H]1CC(=O)N(C(C)(C)C)C1. The molecule has 0 spiro atoms. The van der Waals surface area contributed by atoms with E-state index in [1.165, 1.54) is 5.56 Å². The molecule has 1 aromatic heterocycles. The molecule has 3 amide bonds. The number of nitrogens with one attached hydrogen (secondary N) is 2. The first kappa shape index (κ1) is 15.8. The highest BCUT2D eigenvalue weighted by molar-refractivity contribution is 7.10. The third-order valence-corrected chi connectivity index (χ3v) is 4.67. The number of amides is 3. The van der Waals surface area contributed by atoms with Crippen LogP contribution in [0.3, 0.4) is 0 Å². The van der Waals surface area contributed by atoms with Crippen LogP contribution in [0.15, 0.2) is 11.4 Å². The molecule has 0 bridgehead atoms. The number of carbonyl (C=O) groups is 2. The van der Waals surface area contributed by atoms with Crippen LogP contribution in [0.4, 0.5) is 4.79 Å². The standard InChI is InChI=1S/C15H23N3O2S/c1-10-5-6-21-12(10)8-16-14(20)17-11-7-13(19)18(9-11)15(2,3)4/h5-6,11H,7-9H2,1-4H3,(H2,16,17,20)/t11-/m0/s1. The van der Waals surface area contributed by atoms with E-state index in [4.69, 9.17) is 0 Å². The molecule has 0 unspecified atom stereocenters. The van der Waals surface area contributed by atoms with Crippen LogP contribution in [0.25, 0.3) is 0 Å².